The first-order valence-corrected chi connectivity index (χ1v) is 8.51. The number of nitrogens with zero attached hydrogens (tertiary/aromatic N) is 1. The number of rotatable bonds is 6. The van der Waals surface area contributed by atoms with E-state index < -0.39 is 17.7 Å². The Morgan fingerprint density at radius 3 is 2.15 bits per heavy atom. The average Bonchev–Trinajstić information content (AvgIpc) is 2.91. The second-order valence-corrected chi connectivity index (χ2v) is 6.19. The van der Waals surface area contributed by atoms with E-state index in [1.807, 2.05) is 12.1 Å². The molecular formula is C20H20N2O4. The van der Waals surface area contributed by atoms with Crippen molar-refractivity contribution in [2.24, 2.45) is 0 Å². The highest BCUT2D eigenvalue weighted by atomic mass is 16.5. The fraction of sp³-hybridized carbons (Fsp3) is 0.250. The van der Waals surface area contributed by atoms with E-state index in [0.717, 1.165) is 11.4 Å². The van der Waals surface area contributed by atoms with Gasteiger partial charge in [0, 0.05) is 0 Å². The summed E-state index contributed by atoms with van der Waals surface area (Å²) in [6, 6.07) is 14.0. The van der Waals surface area contributed by atoms with Crippen molar-refractivity contribution in [2.75, 3.05) is 6.61 Å². The van der Waals surface area contributed by atoms with E-state index in [4.69, 9.17) is 4.74 Å². The fourth-order valence-corrected chi connectivity index (χ4v) is 2.72. The Hall–Kier alpha value is -3.15. The van der Waals surface area contributed by atoms with Gasteiger partial charge in [-0.05, 0) is 42.2 Å². The predicted octanol–water partition coefficient (Wildman–Crippen LogP) is 2.91. The summed E-state index contributed by atoms with van der Waals surface area (Å²) in [5.41, 5.74) is 4.06. The van der Waals surface area contributed by atoms with Crippen LogP contribution >= 0.6 is 0 Å². The molecule has 2 aromatic rings. The Labute approximate surface area is 151 Å². The van der Waals surface area contributed by atoms with Gasteiger partial charge in [-0.3, -0.25) is 19.8 Å². The number of ether oxygens (including phenoxy) is 1. The lowest BCUT2D eigenvalue weighted by Crippen LogP contribution is -2.47. The van der Waals surface area contributed by atoms with Gasteiger partial charge in [0.2, 0.25) is 0 Å². The number of amides is 3. The van der Waals surface area contributed by atoms with Crippen LogP contribution in [0.15, 0.2) is 48.5 Å². The molecule has 0 saturated heterocycles. The van der Waals surface area contributed by atoms with E-state index in [-0.39, 0.29) is 17.7 Å². The molecule has 0 saturated carbocycles. The van der Waals surface area contributed by atoms with Crippen LogP contribution in [0.3, 0.4) is 0 Å². The van der Waals surface area contributed by atoms with E-state index in [1.54, 1.807) is 36.4 Å². The largest absolute Gasteiger partial charge is 0.484 e. The molecule has 0 aliphatic carbocycles. The molecule has 1 aliphatic heterocycles. The molecule has 0 spiro atoms. The number of hydrazine groups is 1. The Bertz CT molecular complexity index is 810. The first kappa shape index (κ1) is 17.7. The van der Waals surface area contributed by atoms with Crippen molar-refractivity contribution < 1.29 is 19.1 Å². The molecule has 1 aliphatic rings. The van der Waals surface area contributed by atoms with Gasteiger partial charge in [0.15, 0.2) is 6.61 Å². The molecule has 0 unspecified atom stereocenters. The smallest absolute Gasteiger partial charge is 0.280 e. The van der Waals surface area contributed by atoms with E-state index >= 15 is 0 Å². The number of carbonyl (C=O) groups excluding carboxylic acids is 3. The van der Waals surface area contributed by atoms with Crippen molar-refractivity contribution in [3.05, 3.63) is 65.2 Å². The number of hydrogen-bond donors (Lipinski definition) is 1. The molecule has 3 amide bonds. The van der Waals surface area contributed by atoms with Crippen LogP contribution in [0.1, 0.15) is 52.5 Å². The summed E-state index contributed by atoms with van der Waals surface area (Å²) in [5, 5.41) is 0.725. The molecule has 0 radical (unpaired) electrons. The first-order chi connectivity index (χ1) is 12.5. The lowest BCUT2D eigenvalue weighted by molar-refractivity contribution is -0.126. The summed E-state index contributed by atoms with van der Waals surface area (Å²) in [6.45, 7) is 3.97. The second-order valence-electron chi connectivity index (χ2n) is 6.19. The maximum Gasteiger partial charge on any atom is 0.280 e. The molecule has 2 aromatic carbocycles. The van der Waals surface area contributed by atoms with E-state index in [9.17, 15) is 14.4 Å². The van der Waals surface area contributed by atoms with Gasteiger partial charge in [-0.15, -0.1) is 0 Å². The summed E-state index contributed by atoms with van der Waals surface area (Å²) < 4.78 is 5.43. The Morgan fingerprint density at radius 2 is 1.62 bits per heavy atom. The van der Waals surface area contributed by atoms with Crippen LogP contribution in [0.2, 0.25) is 0 Å². The van der Waals surface area contributed by atoms with Crippen LogP contribution in [-0.2, 0) is 4.79 Å². The van der Waals surface area contributed by atoms with Gasteiger partial charge in [-0.2, -0.15) is 5.01 Å². The Kier molecular flexibility index (Phi) is 5.02. The third-order valence-corrected chi connectivity index (χ3v) is 4.46. The minimum absolute atomic E-state index is 0.277. The van der Waals surface area contributed by atoms with Crippen molar-refractivity contribution in [3.63, 3.8) is 0 Å². The number of fused-ring (bicyclic) bond motifs is 1. The highest BCUT2D eigenvalue weighted by Crippen LogP contribution is 2.22. The second kappa shape index (κ2) is 7.39. The maximum absolute atomic E-state index is 12.2. The zero-order chi connectivity index (χ0) is 18.7. The zero-order valence-electron chi connectivity index (χ0n) is 14.7. The number of carbonyl (C=O) groups is 3. The highest BCUT2D eigenvalue weighted by molar-refractivity contribution is 6.21. The van der Waals surface area contributed by atoms with Gasteiger partial charge in [0.05, 0.1) is 11.1 Å². The standard InChI is InChI=1S/C20H20N2O4/c1-3-13(2)14-8-10-15(11-9-14)26-12-18(23)21-22-19(24)16-6-4-5-7-17(16)20(22)25/h4-11,13H,3,12H2,1-2H3,(H,21,23)/t13-/m1/s1. The third kappa shape index (κ3) is 3.44. The van der Waals surface area contributed by atoms with Gasteiger partial charge >= 0.3 is 0 Å². The van der Waals surface area contributed by atoms with Gasteiger partial charge in [0.1, 0.15) is 5.75 Å². The molecule has 26 heavy (non-hydrogen) atoms. The molecule has 6 nitrogen and oxygen atoms in total. The topological polar surface area (TPSA) is 75.7 Å². The van der Waals surface area contributed by atoms with Crippen LogP contribution in [0.4, 0.5) is 0 Å². The number of hydrogen-bond acceptors (Lipinski definition) is 4. The summed E-state index contributed by atoms with van der Waals surface area (Å²) >= 11 is 0. The lowest BCUT2D eigenvalue weighted by Gasteiger charge is -2.15. The monoisotopic (exact) mass is 352 g/mol. The van der Waals surface area contributed by atoms with E-state index in [1.165, 1.54) is 5.56 Å². The molecule has 0 fully saturated rings. The zero-order valence-corrected chi connectivity index (χ0v) is 14.7. The minimum atomic E-state index is -0.578. The van der Waals surface area contributed by atoms with Gasteiger partial charge in [-0.25, -0.2) is 0 Å². The molecule has 134 valence electrons. The first-order valence-electron chi connectivity index (χ1n) is 8.51. The molecule has 0 bridgehead atoms. The normalized spacial score (nSPS) is 14.2. The van der Waals surface area contributed by atoms with Crippen LogP contribution in [0.5, 0.6) is 5.75 Å². The minimum Gasteiger partial charge on any atom is -0.484 e. The molecule has 1 atom stereocenters. The van der Waals surface area contributed by atoms with Gasteiger partial charge in [-0.1, -0.05) is 38.1 Å². The van der Waals surface area contributed by atoms with Crippen LogP contribution < -0.4 is 10.2 Å². The lowest BCUT2D eigenvalue weighted by atomic mass is 9.99. The number of nitrogens with one attached hydrogen (secondary N) is 1. The summed E-state index contributed by atoms with van der Waals surface area (Å²) in [7, 11) is 0. The maximum atomic E-state index is 12.2. The molecule has 1 N–H and O–H groups in total. The van der Waals surface area contributed by atoms with Crippen molar-refractivity contribution in [1.29, 1.82) is 0 Å². The van der Waals surface area contributed by atoms with Crippen molar-refractivity contribution in [3.8, 4) is 5.75 Å². The van der Waals surface area contributed by atoms with Gasteiger partial charge < -0.3 is 4.74 Å². The van der Waals surface area contributed by atoms with Crippen LogP contribution in [0, 0.1) is 0 Å². The highest BCUT2D eigenvalue weighted by Gasteiger charge is 2.36. The molecular weight excluding hydrogens is 332 g/mol. The van der Waals surface area contributed by atoms with Crippen molar-refractivity contribution in [2.45, 2.75) is 26.2 Å². The third-order valence-electron chi connectivity index (χ3n) is 4.46. The van der Waals surface area contributed by atoms with Crippen LogP contribution in [-0.4, -0.2) is 29.3 Å². The molecule has 1 heterocycles. The molecule has 6 heteroatoms. The van der Waals surface area contributed by atoms with E-state index in [2.05, 4.69) is 19.3 Å². The molecule has 3 rings (SSSR count). The van der Waals surface area contributed by atoms with Crippen molar-refractivity contribution >= 4 is 17.7 Å². The number of imide groups is 1. The fourth-order valence-electron chi connectivity index (χ4n) is 2.72. The quantitative estimate of drug-likeness (QED) is 0.811. The SMILES string of the molecule is CC[C@@H](C)c1ccc(OCC(=O)NN2C(=O)c3ccccc3C2=O)cc1. The van der Waals surface area contributed by atoms with Crippen LogP contribution in [0.25, 0.3) is 0 Å². The Morgan fingerprint density at radius 1 is 1.04 bits per heavy atom. The average molecular weight is 352 g/mol. The van der Waals surface area contributed by atoms with Gasteiger partial charge in [0.25, 0.3) is 17.7 Å². The number of benzene rings is 2. The Balaban J connectivity index is 1.57. The summed E-state index contributed by atoms with van der Waals surface area (Å²) in [6.07, 6.45) is 1.04. The summed E-state index contributed by atoms with van der Waals surface area (Å²) in [4.78, 5) is 36.4. The molecule has 0 aromatic heterocycles. The van der Waals surface area contributed by atoms with E-state index in [0.29, 0.717) is 11.7 Å². The van der Waals surface area contributed by atoms with Crippen molar-refractivity contribution in [1.82, 2.24) is 10.4 Å². The summed E-state index contributed by atoms with van der Waals surface area (Å²) in [5.74, 6) is -0.657. The predicted molar refractivity (Wildman–Crippen MR) is 95.7 cm³/mol.